The molecule has 0 saturated heterocycles. The summed E-state index contributed by atoms with van der Waals surface area (Å²) in [4.78, 5) is 11.4. The van der Waals surface area contributed by atoms with Gasteiger partial charge in [-0.3, -0.25) is 0 Å². The Hall–Kier alpha value is 1.28. The molecule has 1 aliphatic rings. The summed E-state index contributed by atoms with van der Waals surface area (Å²) < 4.78 is 9.94. The van der Waals surface area contributed by atoms with Crippen LogP contribution in [0, 0.1) is 7.43 Å². The number of carbonyl (C=O) groups is 1. The van der Waals surface area contributed by atoms with Crippen LogP contribution in [0.3, 0.4) is 0 Å². The molecule has 4 nitrogen and oxygen atoms in total. The van der Waals surface area contributed by atoms with E-state index in [9.17, 15) is 4.79 Å². The molecule has 0 heterocycles. The molecule has 21 heavy (non-hydrogen) atoms. The normalized spacial score (nSPS) is 15.0. The monoisotopic (exact) mass is 421 g/mol. The molecule has 0 spiro atoms. The molecule has 0 aliphatic heterocycles. The standard InChI is InChI=1S/C11H21NO2.C4H10O.CH3.Cs/c1-11(2,3)14-10(13)12-9-7-5-4-6-8-9;1-4(2)5-3;;/h9H,4-8H2,1-3H3,(H,12,13);4H,1-3H3;1H3;/q;;-1;+1. The molecular formula is C16H34CsNO3. The maximum absolute atomic E-state index is 11.4. The van der Waals surface area contributed by atoms with E-state index in [1.807, 2.05) is 34.6 Å². The number of amides is 1. The van der Waals surface area contributed by atoms with Gasteiger partial charge < -0.3 is 22.2 Å². The van der Waals surface area contributed by atoms with Crippen molar-refractivity contribution >= 4 is 6.09 Å². The Morgan fingerprint density at radius 3 is 1.90 bits per heavy atom. The van der Waals surface area contributed by atoms with Crippen molar-refractivity contribution in [2.24, 2.45) is 0 Å². The zero-order chi connectivity index (χ0) is 14.9. The van der Waals surface area contributed by atoms with Gasteiger partial charge in [-0.25, -0.2) is 4.79 Å². The third kappa shape index (κ3) is 19.2. The first-order valence-electron chi connectivity index (χ1n) is 7.27. The van der Waals surface area contributed by atoms with Gasteiger partial charge in [0.2, 0.25) is 0 Å². The number of ether oxygens (including phenoxy) is 2. The van der Waals surface area contributed by atoms with E-state index in [1.54, 1.807) is 7.11 Å². The van der Waals surface area contributed by atoms with Gasteiger partial charge in [0.1, 0.15) is 5.60 Å². The van der Waals surface area contributed by atoms with Gasteiger partial charge in [-0.2, -0.15) is 0 Å². The molecule has 1 fully saturated rings. The van der Waals surface area contributed by atoms with E-state index in [-0.39, 0.29) is 82.4 Å². The van der Waals surface area contributed by atoms with Gasteiger partial charge in [0.25, 0.3) is 0 Å². The Balaban J connectivity index is -0.000000405. The molecule has 1 N–H and O–H groups in total. The summed E-state index contributed by atoms with van der Waals surface area (Å²) in [6.45, 7) is 9.65. The van der Waals surface area contributed by atoms with E-state index in [0.717, 1.165) is 12.8 Å². The summed E-state index contributed by atoms with van der Waals surface area (Å²) >= 11 is 0. The SMILES string of the molecule is CC(C)(C)OC(=O)NC1CCCCC1.COC(C)C.[CH3-].[Cs+]. The van der Waals surface area contributed by atoms with Crippen molar-refractivity contribution in [2.75, 3.05) is 7.11 Å². The number of nitrogens with one attached hydrogen (secondary N) is 1. The molecule has 0 unspecified atom stereocenters. The summed E-state index contributed by atoms with van der Waals surface area (Å²) in [6, 6.07) is 0.332. The van der Waals surface area contributed by atoms with Crippen molar-refractivity contribution < 1.29 is 83.2 Å². The molecule has 0 radical (unpaired) electrons. The van der Waals surface area contributed by atoms with Crippen molar-refractivity contribution in [3.05, 3.63) is 7.43 Å². The number of hydrogen-bond acceptors (Lipinski definition) is 3. The molecule has 0 bridgehead atoms. The van der Waals surface area contributed by atoms with Crippen molar-refractivity contribution in [2.45, 2.75) is 84.5 Å². The minimum Gasteiger partial charge on any atom is -0.444 e. The first-order chi connectivity index (χ1) is 8.74. The van der Waals surface area contributed by atoms with Gasteiger partial charge in [0.05, 0.1) is 6.10 Å². The molecule has 1 rings (SSSR count). The van der Waals surface area contributed by atoms with Crippen LogP contribution in [-0.4, -0.2) is 30.9 Å². The summed E-state index contributed by atoms with van der Waals surface area (Å²) in [5.74, 6) is 0. The van der Waals surface area contributed by atoms with E-state index < -0.39 is 5.60 Å². The minimum atomic E-state index is -0.390. The second kappa shape index (κ2) is 14.8. The predicted octanol–water partition coefficient (Wildman–Crippen LogP) is 1.34. The Kier molecular flexibility index (Phi) is 19.2. The predicted molar refractivity (Wildman–Crippen MR) is 84.8 cm³/mol. The molecule has 122 valence electrons. The number of methoxy groups -OCH3 is 1. The topological polar surface area (TPSA) is 47.6 Å². The number of carbonyl (C=O) groups excluding carboxylic acids is 1. The second-order valence-electron chi connectivity index (χ2n) is 6.27. The average Bonchev–Trinajstić information content (AvgIpc) is 2.28. The van der Waals surface area contributed by atoms with Crippen LogP contribution in [0.1, 0.15) is 66.7 Å². The van der Waals surface area contributed by atoms with Crippen LogP contribution in [-0.2, 0) is 9.47 Å². The van der Waals surface area contributed by atoms with Crippen LogP contribution in [0.25, 0.3) is 0 Å². The average molecular weight is 421 g/mol. The smallest absolute Gasteiger partial charge is 0.444 e. The number of alkyl carbamates (subject to hydrolysis) is 1. The van der Waals surface area contributed by atoms with Gasteiger partial charge >= 0.3 is 75.0 Å². The summed E-state index contributed by atoms with van der Waals surface area (Å²) in [5, 5.41) is 2.91. The molecule has 1 amide bonds. The van der Waals surface area contributed by atoms with Crippen LogP contribution < -0.4 is 74.2 Å². The quantitative estimate of drug-likeness (QED) is 0.685. The second-order valence-corrected chi connectivity index (χ2v) is 6.27. The first-order valence-corrected chi connectivity index (χ1v) is 7.27. The van der Waals surface area contributed by atoms with Gasteiger partial charge in [-0.05, 0) is 47.5 Å². The van der Waals surface area contributed by atoms with Crippen molar-refractivity contribution in [3.63, 3.8) is 0 Å². The third-order valence-corrected chi connectivity index (χ3v) is 2.80. The van der Waals surface area contributed by atoms with Crippen molar-refractivity contribution in [1.82, 2.24) is 5.32 Å². The van der Waals surface area contributed by atoms with Gasteiger partial charge in [-0.15, -0.1) is 0 Å². The van der Waals surface area contributed by atoms with Crippen LogP contribution in [0.2, 0.25) is 0 Å². The summed E-state index contributed by atoms with van der Waals surface area (Å²) in [5.41, 5.74) is -0.390. The molecular weight excluding hydrogens is 387 g/mol. The van der Waals surface area contributed by atoms with Gasteiger partial charge in [-0.1, -0.05) is 19.3 Å². The summed E-state index contributed by atoms with van der Waals surface area (Å²) in [6.07, 6.45) is 6.05. The van der Waals surface area contributed by atoms with E-state index in [0.29, 0.717) is 12.1 Å². The Bertz CT molecular complexity index is 246. The fourth-order valence-corrected chi connectivity index (χ4v) is 1.72. The number of rotatable bonds is 2. The van der Waals surface area contributed by atoms with Gasteiger partial charge in [0.15, 0.2) is 0 Å². The first kappa shape index (κ1) is 27.1. The van der Waals surface area contributed by atoms with E-state index >= 15 is 0 Å². The van der Waals surface area contributed by atoms with Crippen LogP contribution in [0.15, 0.2) is 0 Å². The fourth-order valence-electron chi connectivity index (χ4n) is 1.72. The Morgan fingerprint density at radius 1 is 1.14 bits per heavy atom. The van der Waals surface area contributed by atoms with E-state index in [4.69, 9.17) is 9.47 Å². The van der Waals surface area contributed by atoms with Crippen LogP contribution in [0.4, 0.5) is 4.79 Å². The molecule has 0 atom stereocenters. The number of hydrogen-bond donors (Lipinski definition) is 1. The third-order valence-electron chi connectivity index (χ3n) is 2.80. The Morgan fingerprint density at radius 2 is 1.57 bits per heavy atom. The van der Waals surface area contributed by atoms with Gasteiger partial charge in [0, 0.05) is 13.2 Å². The molecule has 1 aliphatic carbocycles. The molecule has 0 aromatic heterocycles. The van der Waals surface area contributed by atoms with E-state index in [2.05, 4.69) is 5.32 Å². The Labute approximate surface area is 190 Å². The van der Waals surface area contributed by atoms with Crippen LogP contribution in [0.5, 0.6) is 0 Å². The largest absolute Gasteiger partial charge is 1.00 e. The zero-order valence-corrected chi connectivity index (χ0v) is 21.7. The van der Waals surface area contributed by atoms with Crippen molar-refractivity contribution in [1.29, 1.82) is 0 Å². The zero-order valence-electron chi connectivity index (χ0n) is 15.4. The fraction of sp³-hybridized carbons (Fsp3) is 0.875. The molecule has 0 aromatic carbocycles. The maximum atomic E-state index is 11.4. The molecule has 0 aromatic rings. The minimum absolute atomic E-state index is 0. The molecule has 1 saturated carbocycles. The van der Waals surface area contributed by atoms with E-state index in [1.165, 1.54) is 19.3 Å². The molecule has 5 heteroatoms. The van der Waals surface area contributed by atoms with Crippen molar-refractivity contribution in [3.8, 4) is 0 Å². The maximum Gasteiger partial charge on any atom is 1.00 e. The summed E-state index contributed by atoms with van der Waals surface area (Å²) in [7, 11) is 1.70. The van der Waals surface area contributed by atoms with Crippen LogP contribution >= 0.6 is 0 Å².